The molecule has 5 heteroatoms. The Labute approximate surface area is 194 Å². The van der Waals surface area contributed by atoms with Gasteiger partial charge >= 0.3 is 195 Å². The summed E-state index contributed by atoms with van der Waals surface area (Å²) in [5, 5.41) is -0.711. The summed E-state index contributed by atoms with van der Waals surface area (Å²) in [6.45, 7) is 6.77. The zero-order valence-corrected chi connectivity index (χ0v) is 21.1. The number of rotatable bonds is 2. The Morgan fingerprint density at radius 2 is 1.39 bits per heavy atom. The molecule has 3 aromatic carbocycles. The van der Waals surface area contributed by atoms with Crippen LogP contribution in [0.4, 0.5) is 0 Å². The Morgan fingerprint density at radius 1 is 0.839 bits per heavy atom. The normalized spacial score (nSPS) is 35.4. The summed E-state index contributed by atoms with van der Waals surface area (Å²) < 4.78 is 4.83. The SMILES string of the molecule is CC(C)(C)[C@]12[Se]P1(=S)[C@]1(c3ccccc3)O[C@@]2(c2ccccc2)C(=O)c2ccccc21. The van der Waals surface area contributed by atoms with Crippen LogP contribution in [0.3, 0.4) is 0 Å². The van der Waals surface area contributed by atoms with Gasteiger partial charge in [0.1, 0.15) is 0 Å². The van der Waals surface area contributed by atoms with E-state index in [1.807, 2.05) is 42.5 Å². The van der Waals surface area contributed by atoms with Crippen LogP contribution in [0.1, 0.15) is 47.8 Å². The molecule has 31 heavy (non-hydrogen) atoms. The minimum absolute atomic E-state index is 0.0851. The molecule has 1 unspecified atom stereocenters. The summed E-state index contributed by atoms with van der Waals surface area (Å²) in [5.41, 5.74) is 2.61. The number of carbonyl (C=O) groups is 1. The van der Waals surface area contributed by atoms with Crippen molar-refractivity contribution in [3.8, 4) is 0 Å². The van der Waals surface area contributed by atoms with E-state index in [1.54, 1.807) is 0 Å². The van der Waals surface area contributed by atoms with Crippen molar-refractivity contribution in [1.82, 2.24) is 0 Å². The fourth-order valence-electron chi connectivity index (χ4n) is 5.87. The van der Waals surface area contributed by atoms with E-state index in [4.69, 9.17) is 16.5 Å². The maximum atomic E-state index is 14.5. The molecule has 3 heterocycles. The predicted octanol–water partition coefficient (Wildman–Crippen LogP) is 5.86. The van der Waals surface area contributed by atoms with E-state index in [-0.39, 0.29) is 29.8 Å². The number of hydrogen-bond acceptors (Lipinski definition) is 3. The molecule has 3 aliphatic heterocycles. The molecule has 156 valence electrons. The van der Waals surface area contributed by atoms with Gasteiger partial charge in [0, 0.05) is 0 Å². The standard InChI is InChI=1S/C26H23O2PSSe/c1-23(2,3)26-24(18-12-6-4-7-13-18)22(27)20-16-10-11-17-21(20)25(28-24,29(26,30)31-26)19-14-8-5-9-15-19/h4-17H,1-3H3/t24-,25-,26+,29?/m0/s1. The van der Waals surface area contributed by atoms with E-state index < -0.39 is 15.7 Å². The first-order valence-corrected chi connectivity index (χ1v) is 16.4. The van der Waals surface area contributed by atoms with Gasteiger partial charge in [-0.25, -0.2) is 0 Å². The molecule has 2 saturated heterocycles. The quantitative estimate of drug-likeness (QED) is 0.320. The van der Waals surface area contributed by atoms with E-state index in [0.29, 0.717) is 0 Å². The van der Waals surface area contributed by atoms with E-state index >= 15 is 0 Å². The maximum absolute atomic E-state index is 14.5. The average Bonchev–Trinajstić information content (AvgIpc) is 3.40. The third-order valence-electron chi connectivity index (χ3n) is 7.05. The van der Waals surface area contributed by atoms with Gasteiger partial charge in [0.15, 0.2) is 0 Å². The first-order chi connectivity index (χ1) is 14.8. The molecule has 2 nitrogen and oxygen atoms in total. The zero-order chi connectivity index (χ0) is 21.7. The Bertz CT molecular complexity index is 1290. The number of carbonyl (C=O) groups excluding carboxylic acids is 1. The van der Waals surface area contributed by atoms with Crippen LogP contribution in [-0.2, 0) is 27.5 Å². The molecule has 2 fully saturated rings. The van der Waals surface area contributed by atoms with E-state index in [2.05, 4.69) is 63.2 Å². The third-order valence-corrected chi connectivity index (χ3v) is 23.4. The number of benzene rings is 3. The van der Waals surface area contributed by atoms with Crippen LogP contribution in [0, 0.1) is 5.41 Å². The van der Waals surface area contributed by atoms with Gasteiger partial charge in [-0.05, 0) is 0 Å². The molecule has 0 spiro atoms. The number of ether oxygens (including phenoxy) is 1. The van der Waals surface area contributed by atoms with Gasteiger partial charge in [0.25, 0.3) is 0 Å². The molecule has 0 aromatic heterocycles. The first-order valence-electron chi connectivity index (χ1n) is 10.5. The fourth-order valence-corrected chi connectivity index (χ4v) is 26.6. The number of hydrogen-bond donors (Lipinski definition) is 0. The Hall–Kier alpha value is -1.54. The Kier molecular flexibility index (Phi) is 3.93. The van der Waals surface area contributed by atoms with Gasteiger partial charge in [0.05, 0.1) is 0 Å². The molecular weight excluding hydrogens is 486 g/mol. The number of Topliss-reactive ketones (excluding diaryl/α,β-unsaturated/α-hetero) is 1. The van der Waals surface area contributed by atoms with Crippen molar-refractivity contribution < 1.29 is 9.53 Å². The van der Waals surface area contributed by atoms with Crippen LogP contribution in [0.25, 0.3) is 0 Å². The van der Waals surface area contributed by atoms with Crippen molar-refractivity contribution in [3.05, 3.63) is 107 Å². The van der Waals surface area contributed by atoms with Crippen molar-refractivity contribution in [2.24, 2.45) is 5.41 Å². The van der Waals surface area contributed by atoms with Gasteiger partial charge in [0.2, 0.25) is 0 Å². The monoisotopic (exact) mass is 510 g/mol. The first kappa shape index (κ1) is 20.1. The fraction of sp³-hybridized carbons (Fsp3) is 0.269. The summed E-state index contributed by atoms with van der Waals surface area (Å²) in [6.07, 6.45) is 0. The van der Waals surface area contributed by atoms with Crippen molar-refractivity contribution >= 4 is 36.8 Å². The molecule has 4 atom stereocenters. The zero-order valence-electron chi connectivity index (χ0n) is 17.7. The van der Waals surface area contributed by atoms with E-state index in [1.165, 1.54) is 0 Å². The topological polar surface area (TPSA) is 26.3 Å². The van der Waals surface area contributed by atoms with Crippen LogP contribution in [-0.4, -0.2) is 24.4 Å². The van der Waals surface area contributed by atoms with Gasteiger partial charge < -0.3 is 0 Å². The Balaban J connectivity index is 1.81. The molecule has 6 rings (SSSR count). The molecule has 3 aliphatic rings. The predicted molar refractivity (Wildman–Crippen MR) is 129 cm³/mol. The second-order valence-corrected chi connectivity index (χ2v) is 21.9. The molecule has 0 radical (unpaired) electrons. The van der Waals surface area contributed by atoms with E-state index in [0.717, 1.165) is 22.3 Å². The molecule has 0 N–H and O–H groups in total. The molecule has 2 bridgehead atoms. The summed E-state index contributed by atoms with van der Waals surface area (Å²) in [7, 11) is 0. The van der Waals surface area contributed by atoms with Gasteiger partial charge in [-0.15, -0.1) is 0 Å². The molecular formula is C26H23O2PSSe. The molecule has 0 aliphatic carbocycles. The van der Waals surface area contributed by atoms with Gasteiger partial charge in [-0.3, -0.25) is 0 Å². The van der Waals surface area contributed by atoms with Gasteiger partial charge in [-0.2, -0.15) is 0 Å². The van der Waals surface area contributed by atoms with Crippen molar-refractivity contribution in [2.45, 2.75) is 35.8 Å². The average molecular weight is 509 g/mol. The van der Waals surface area contributed by atoms with Crippen molar-refractivity contribution in [2.75, 3.05) is 0 Å². The summed E-state index contributed by atoms with van der Waals surface area (Å²) in [5.74, 6) is 0.0851. The molecule has 0 amide bonds. The van der Waals surface area contributed by atoms with Crippen LogP contribution in [0.5, 0.6) is 0 Å². The molecule has 3 aromatic rings. The van der Waals surface area contributed by atoms with Crippen LogP contribution >= 0.6 is 4.73 Å². The van der Waals surface area contributed by atoms with Gasteiger partial charge in [-0.1, -0.05) is 0 Å². The summed E-state index contributed by atoms with van der Waals surface area (Å²) in [4.78, 5) is 14.5. The minimum atomic E-state index is -2.13. The van der Waals surface area contributed by atoms with Crippen LogP contribution in [0.15, 0.2) is 84.9 Å². The number of ketones is 1. The van der Waals surface area contributed by atoms with Crippen molar-refractivity contribution in [3.63, 3.8) is 0 Å². The Morgan fingerprint density at radius 3 is 2.00 bits per heavy atom. The summed E-state index contributed by atoms with van der Waals surface area (Å²) in [6, 6.07) is 28.6. The third kappa shape index (κ3) is 2.01. The second-order valence-electron chi connectivity index (χ2n) is 9.57. The summed E-state index contributed by atoms with van der Waals surface area (Å²) >= 11 is 6.88. The van der Waals surface area contributed by atoms with E-state index in [9.17, 15) is 4.79 Å². The van der Waals surface area contributed by atoms with Crippen molar-refractivity contribution in [1.29, 1.82) is 0 Å². The van der Waals surface area contributed by atoms with Crippen LogP contribution in [0.2, 0.25) is 0 Å². The number of fused-ring (bicyclic) bond motifs is 7. The molecule has 0 saturated carbocycles. The second kappa shape index (κ2) is 6.07. The van der Waals surface area contributed by atoms with Crippen LogP contribution < -0.4 is 0 Å².